The maximum absolute atomic E-state index is 13.1. The van der Waals surface area contributed by atoms with Gasteiger partial charge in [-0.1, -0.05) is 205 Å². The molecular formula is C60H112O14. The quantitative estimate of drug-likeness (QED) is 0.0172. The van der Waals surface area contributed by atoms with Gasteiger partial charge in [-0.15, -0.1) is 0 Å². The van der Waals surface area contributed by atoms with Crippen molar-refractivity contribution in [1.29, 1.82) is 0 Å². The Balaban J connectivity index is 1.67. The van der Waals surface area contributed by atoms with E-state index >= 15 is 0 Å². The fourth-order valence-corrected chi connectivity index (χ4v) is 9.75. The van der Waals surface area contributed by atoms with Crippen LogP contribution in [0.2, 0.25) is 0 Å². The van der Waals surface area contributed by atoms with Crippen molar-refractivity contribution in [2.75, 3.05) is 33.0 Å². The van der Waals surface area contributed by atoms with Crippen molar-refractivity contribution < 1.29 is 69.0 Å². The summed E-state index contributed by atoms with van der Waals surface area (Å²) < 4.78 is 34.4. The molecule has 7 N–H and O–H groups in total. The van der Waals surface area contributed by atoms with Crippen LogP contribution in [0.4, 0.5) is 0 Å². The number of aliphatic hydroxyl groups excluding tert-OH is 7. The smallest absolute Gasteiger partial charge is 0.306 e. The van der Waals surface area contributed by atoms with Gasteiger partial charge in [-0.2, -0.15) is 0 Å². The van der Waals surface area contributed by atoms with E-state index in [4.69, 9.17) is 28.4 Å². The molecule has 0 aliphatic carbocycles. The van der Waals surface area contributed by atoms with E-state index in [1.807, 2.05) is 0 Å². The van der Waals surface area contributed by atoms with Gasteiger partial charge in [0.1, 0.15) is 54.9 Å². The molecule has 2 aliphatic heterocycles. The number of allylic oxidation sites excluding steroid dienone is 4. The van der Waals surface area contributed by atoms with Crippen molar-refractivity contribution >= 4 is 5.97 Å². The molecule has 436 valence electrons. The topological polar surface area (TPSA) is 214 Å². The number of ether oxygens (including phenoxy) is 6. The minimum atomic E-state index is -1.71. The Hall–Kier alpha value is -1.53. The normalized spacial score (nSPS) is 24.9. The first kappa shape index (κ1) is 68.6. The fraction of sp³-hybridized carbons (Fsp3) is 0.917. The van der Waals surface area contributed by atoms with E-state index in [9.17, 15) is 40.5 Å². The molecular weight excluding hydrogens is 945 g/mol. The van der Waals surface area contributed by atoms with Crippen LogP contribution in [0.25, 0.3) is 0 Å². The number of hydrogen-bond acceptors (Lipinski definition) is 14. The number of unbranched alkanes of at least 4 members (excludes halogenated alkanes) is 32. The molecule has 0 aromatic carbocycles. The van der Waals surface area contributed by atoms with E-state index in [1.165, 1.54) is 180 Å². The highest BCUT2D eigenvalue weighted by Gasteiger charge is 2.47. The standard InChI is InChI=1S/C60H112O14/c1-3-5-7-9-11-13-15-17-19-20-21-22-23-24-25-26-27-28-29-31-33-35-37-39-41-43-52(62)72-49(46-69-44-42-40-38-36-34-32-30-18-16-14-12-10-8-6-4-2)47-70-59-58(68)56(66)54(64)51(74-59)48-71-60-57(67)55(65)53(63)50(45-61)73-60/h16,18,20-21,49-51,53-61,63-68H,3-15,17,19,22-48H2,1-2H3/b18-16-,21-20-. The molecule has 14 heteroatoms. The van der Waals surface area contributed by atoms with Crippen molar-refractivity contribution in [3.8, 4) is 0 Å². The minimum absolute atomic E-state index is 0.0609. The minimum Gasteiger partial charge on any atom is -0.457 e. The highest BCUT2D eigenvalue weighted by molar-refractivity contribution is 5.69. The SMILES string of the molecule is CCCCCCC/C=C\CCCCCCCCOCC(COC1OC(COC2OC(CO)C(O)C(O)C2O)C(O)C(O)C1O)OC(=O)CCCCCCCCCCCCCCC/C=C\CCCCCCCCCC. The summed E-state index contributed by atoms with van der Waals surface area (Å²) in [6, 6.07) is 0. The van der Waals surface area contributed by atoms with Crippen LogP contribution in [-0.2, 0) is 33.2 Å². The Kier molecular flexibility index (Phi) is 44.0. The lowest BCUT2D eigenvalue weighted by Crippen LogP contribution is -2.61. The molecule has 14 nitrogen and oxygen atoms in total. The summed E-state index contributed by atoms with van der Waals surface area (Å²) in [5.41, 5.74) is 0. The first-order valence-electron chi connectivity index (χ1n) is 30.4. The van der Waals surface area contributed by atoms with Crippen LogP contribution in [0, 0.1) is 0 Å². The summed E-state index contributed by atoms with van der Waals surface area (Å²) in [5.74, 6) is -0.374. The summed E-state index contributed by atoms with van der Waals surface area (Å²) >= 11 is 0. The van der Waals surface area contributed by atoms with Gasteiger partial charge in [0.2, 0.25) is 0 Å². The van der Waals surface area contributed by atoms with Crippen molar-refractivity contribution in [3.63, 3.8) is 0 Å². The number of aliphatic hydroxyl groups is 7. The highest BCUT2D eigenvalue weighted by Crippen LogP contribution is 2.27. The summed E-state index contributed by atoms with van der Waals surface area (Å²) in [4.78, 5) is 13.1. The molecule has 74 heavy (non-hydrogen) atoms. The molecule has 0 aromatic heterocycles. The monoisotopic (exact) mass is 1060 g/mol. The Bertz CT molecular complexity index is 1320. The van der Waals surface area contributed by atoms with E-state index in [0.717, 1.165) is 44.9 Å². The van der Waals surface area contributed by atoms with Crippen molar-refractivity contribution in [3.05, 3.63) is 24.3 Å². The van der Waals surface area contributed by atoms with Crippen molar-refractivity contribution in [2.45, 2.75) is 319 Å². The molecule has 2 saturated heterocycles. The average molecular weight is 1060 g/mol. The molecule has 0 radical (unpaired) electrons. The van der Waals surface area contributed by atoms with E-state index in [1.54, 1.807) is 0 Å². The third kappa shape index (κ3) is 33.7. The van der Waals surface area contributed by atoms with Gasteiger partial charge in [0, 0.05) is 13.0 Å². The maximum atomic E-state index is 13.1. The van der Waals surface area contributed by atoms with Crippen molar-refractivity contribution in [2.24, 2.45) is 0 Å². The fourth-order valence-electron chi connectivity index (χ4n) is 9.75. The summed E-state index contributed by atoms with van der Waals surface area (Å²) in [7, 11) is 0. The lowest BCUT2D eigenvalue weighted by molar-refractivity contribution is -0.332. The van der Waals surface area contributed by atoms with Gasteiger partial charge in [0.05, 0.1) is 26.4 Å². The molecule has 2 heterocycles. The molecule has 11 unspecified atom stereocenters. The van der Waals surface area contributed by atoms with Crippen LogP contribution in [-0.4, -0.2) is 142 Å². The van der Waals surface area contributed by atoms with E-state index in [-0.39, 0.29) is 25.6 Å². The second kappa shape index (κ2) is 47.5. The van der Waals surface area contributed by atoms with E-state index in [0.29, 0.717) is 13.0 Å². The van der Waals surface area contributed by atoms with Gasteiger partial charge in [-0.3, -0.25) is 4.79 Å². The predicted octanol–water partition coefficient (Wildman–Crippen LogP) is 11.1. The van der Waals surface area contributed by atoms with Gasteiger partial charge in [0.25, 0.3) is 0 Å². The van der Waals surface area contributed by atoms with Crippen LogP contribution in [0.1, 0.15) is 251 Å². The van der Waals surface area contributed by atoms with Crippen LogP contribution in [0.3, 0.4) is 0 Å². The molecule has 0 bridgehead atoms. The van der Waals surface area contributed by atoms with Crippen LogP contribution >= 0.6 is 0 Å². The number of hydrogen-bond donors (Lipinski definition) is 7. The molecule has 0 amide bonds. The molecule has 2 fully saturated rings. The maximum Gasteiger partial charge on any atom is 0.306 e. The largest absolute Gasteiger partial charge is 0.457 e. The predicted molar refractivity (Wildman–Crippen MR) is 294 cm³/mol. The molecule has 0 aromatic rings. The zero-order chi connectivity index (χ0) is 53.7. The molecule has 0 saturated carbocycles. The van der Waals surface area contributed by atoms with Gasteiger partial charge in [-0.25, -0.2) is 0 Å². The number of carbonyl (C=O) groups excluding carboxylic acids is 1. The first-order valence-corrected chi connectivity index (χ1v) is 30.4. The zero-order valence-electron chi connectivity index (χ0n) is 46.8. The van der Waals surface area contributed by atoms with Crippen LogP contribution in [0.15, 0.2) is 24.3 Å². The summed E-state index contributed by atoms with van der Waals surface area (Å²) in [6.07, 6.45) is 38.2. The van der Waals surface area contributed by atoms with Gasteiger partial charge < -0.3 is 64.2 Å². The van der Waals surface area contributed by atoms with E-state index in [2.05, 4.69) is 38.2 Å². The second-order valence-corrected chi connectivity index (χ2v) is 21.5. The van der Waals surface area contributed by atoms with E-state index < -0.39 is 80.7 Å². The molecule has 0 spiro atoms. The Labute approximate surface area is 449 Å². The van der Waals surface area contributed by atoms with Gasteiger partial charge in [-0.05, 0) is 64.2 Å². The van der Waals surface area contributed by atoms with Gasteiger partial charge >= 0.3 is 5.97 Å². The van der Waals surface area contributed by atoms with Crippen LogP contribution in [0.5, 0.6) is 0 Å². The Morgan fingerprint density at radius 1 is 0.432 bits per heavy atom. The molecule has 2 aliphatic rings. The van der Waals surface area contributed by atoms with Gasteiger partial charge in [0.15, 0.2) is 12.6 Å². The highest BCUT2D eigenvalue weighted by atomic mass is 16.7. The summed E-state index contributed by atoms with van der Waals surface area (Å²) in [5, 5.41) is 72.3. The van der Waals surface area contributed by atoms with Crippen molar-refractivity contribution in [1.82, 2.24) is 0 Å². The summed E-state index contributed by atoms with van der Waals surface area (Å²) in [6.45, 7) is 3.71. The zero-order valence-corrected chi connectivity index (χ0v) is 46.8. The third-order valence-corrected chi connectivity index (χ3v) is 14.7. The molecule has 2 rings (SSSR count). The Morgan fingerprint density at radius 2 is 0.797 bits per heavy atom. The average Bonchev–Trinajstić information content (AvgIpc) is 3.40. The lowest BCUT2D eigenvalue weighted by atomic mass is 9.98. The number of esters is 1. The number of carbonyl (C=O) groups is 1. The lowest BCUT2D eigenvalue weighted by Gasteiger charge is -2.42. The third-order valence-electron chi connectivity index (χ3n) is 14.7. The number of rotatable bonds is 50. The first-order chi connectivity index (χ1) is 36.1. The van der Waals surface area contributed by atoms with Crippen LogP contribution < -0.4 is 0 Å². The Morgan fingerprint density at radius 3 is 1.23 bits per heavy atom. The molecule has 11 atom stereocenters. The second-order valence-electron chi connectivity index (χ2n) is 21.5.